The summed E-state index contributed by atoms with van der Waals surface area (Å²) in [6.45, 7) is 4.05. The van der Waals surface area contributed by atoms with Gasteiger partial charge in [-0.1, -0.05) is 42.1 Å². The van der Waals surface area contributed by atoms with E-state index >= 15 is 0 Å². The Balaban J connectivity index is 1.76. The predicted molar refractivity (Wildman–Crippen MR) is 122 cm³/mol. The summed E-state index contributed by atoms with van der Waals surface area (Å²) < 4.78 is 29.4. The molecule has 4 aromatic rings. The number of benzene rings is 2. The third-order valence-electron chi connectivity index (χ3n) is 4.83. The molecule has 2 heterocycles. The summed E-state index contributed by atoms with van der Waals surface area (Å²) in [4.78, 5) is 13.1. The molecule has 160 valence electrons. The second kappa shape index (κ2) is 8.29. The van der Waals surface area contributed by atoms with Crippen LogP contribution >= 0.6 is 11.8 Å². The molecule has 0 atom stereocenters. The minimum Gasteiger partial charge on any atom is -0.272 e. The summed E-state index contributed by atoms with van der Waals surface area (Å²) in [5.74, 6) is 0.932. The van der Waals surface area contributed by atoms with Crippen LogP contribution in [0.15, 0.2) is 76.0 Å². The second-order valence-electron chi connectivity index (χ2n) is 7.06. The minimum atomic E-state index is -3.51. The number of para-hydroxylation sites is 1. The van der Waals surface area contributed by atoms with Crippen LogP contribution in [0.5, 0.6) is 0 Å². The van der Waals surface area contributed by atoms with Crippen molar-refractivity contribution >= 4 is 38.5 Å². The van der Waals surface area contributed by atoms with Crippen LogP contribution in [-0.2, 0) is 22.3 Å². The lowest BCUT2D eigenvalue weighted by Gasteiger charge is -2.12. The van der Waals surface area contributed by atoms with Gasteiger partial charge in [-0.2, -0.15) is 0 Å². The topological polar surface area (TPSA) is 89.6 Å². The number of rotatable bonds is 7. The molecule has 0 saturated heterocycles. The molecule has 0 saturated carbocycles. The molecule has 0 aliphatic rings. The van der Waals surface area contributed by atoms with Gasteiger partial charge in [0.05, 0.1) is 15.8 Å². The van der Waals surface area contributed by atoms with Crippen molar-refractivity contribution in [3.8, 4) is 0 Å². The van der Waals surface area contributed by atoms with E-state index in [9.17, 15) is 13.2 Å². The van der Waals surface area contributed by atoms with Crippen LogP contribution in [0.3, 0.4) is 0 Å². The van der Waals surface area contributed by atoms with Gasteiger partial charge < -0.3 is 0 Å². The molecule has 2 aromatic carbocycles. The van der Waals surface area contributed by atoms with Crippen LogP contribution in [-0.4, -0.2) is 46.0 Å². The van der Waals surface area contributed by atoms with E-state index in [0.717, 1.165) is 11.1 Å². The monoisotopic (exact) mass is 455 g/mol. The molecular formula is C21H21N5O3S2. The van der Waals surface area contributed by atoms with E-state index < -0.39 is 10.0 Å². The van der Waals surface area contributed by atoms with Crippen molar-refractivity contribution in [2.24, 2.45) is 0 Å². The van der Waals surface area contributed by atoms with Crippen molar-refractivity contribution in [2.45, 2.75) is 22.3 Å². The van der Waals surface area contributed by atoms with Gasteiger partial charge in [-0.05, 0) is 29.8 Å². The number of hydrogen-bond donors (Lipinski definition) is 0. The minimum absolute atomic E-state index is 0.145. The Morgan fingerprint density at radius 1 is 1.13 bits per heavy atom. The summed E-state index contributed by atoms with van der Waals surface area (Å²) in [6, 6.07) is 14.2. The molecule has 2 aromatic heterocycles. The SMILES string of the molecule is C=CCn1c(=O)c2ccccc2n2c(SCc3cccc(S(=O)(=O)N(C)C)c3)nnc12. The number of sulfonamides is 1. The zero-order valence-corrected chi connectivity index (χ0v) is 18.7. The molecule has 0 radical (unpaired) electrons. The fourth-order valence-electron chi connectivity index (χ4n) is 3.28. The van der Waals surface area contributed by atoms with Gasteiger partial charge in [-0.3, -0.25) is 13.8 Å². The van der Waals surface area contributed by atoms with Crippen molar-refractivity contribution in [3.63, 3.8) is 0 Å². The highest BCUT2D eigenvalue weighted by atomic mass is 32.2. The Morgan fingerprint density at radius 2 is 1.90 bits per heavy atom. The van der Waals surface area contributed by atoms with Gasteiger partial charge in [-0.15, -0.1) is 16.8 Å². The summed E-state index contributed by atoms with van der Waals surface area (Å²) >= 11 is 1.42. The standard InChI is InChI=1S/C21H21N5O3S2/c1-4-12-25-19(27)17-10-5-6-11-18(17)26-20(25)22-23-21(26)30-14-15-8-7-9-16(13-15)31(28,29)24(2)3/h4-11,13H,1,12,14H2,2-3H3. The molecule has 31 heavy (non-hydrogen) atoms. The molecule has 0 amide bonds. The number of allylic oxidation sites excluding steroid dienone is 1. The molecule has 0 spiro atoms. The highest BCUT2D eigenvalue weighted by molar-refractivity contribution is 7.98. The lowest BCUT2D eigenvalue weighted by atomic mass is 10.2. The van der Waals surface area contributed by atoms with Gasteiger partial charge in [0, 0.05) is 26.4 Å². The first-order valence-electron chi connectivity index (χ1n) is 9.46. The molecule has 0 aliphatic carbocycles. The van der Waals surface area contributed by atoms with Gasteiger partial charge in [0.2, 0.25) is 15.8 Å². The molecule has 0 fully saturated rings. The maximum Gasteiger partial charge on any atom is 0.263 e. The van der Waals surface area contributed by atoms with E-state index in [1.807, 2.05) is 28.7 Å². The number of thioether (sulfide) groups is 1. The van der Waals surface area contributed by atoms with Gasteiger partial charge in [0.1, 0.15) is 0 Å². The Kier molecular flexibility index (Phi) is 5.69. The van der Waals surface area contributed by atoms with Crippen LogP contribution in [0.4, 0.5) is 0 Å². The Morgan fingerprint density at radius 3 is 2.65 bits per heavy atom. The zero-order chi connectivity index (χ0) is 22.2. The predicted octanol–water partition coefficient (Wildman–Crippen LogP) is 2.77. The number of aromatic nitrogens is 4. The molecular weight excluding hydrogens is 434 g/mol. The van der Waals surface area contributed by atoms with Crippen LogP contribution in [0.2, 0.25) is 0 Å². The van der Waals surface area contributed by atoms with Crippen molar-refractivity contribution in [1.29, 1.82) is 0 Å². The van der Waals surface area contributed by atoms with E-state index in [1.165, 1.54) is 34.7 Å². The highest BCUT2D eigenvalue weighted by Gasteiger charge is 2.19. The largest absolute Gasteiger partial charge is 0.272 e. The van der Waals surface area contributed by atoms with Gasteiger partial charge >= 0.3 is 0 Å². The maximum absolute atomic E-state index is 12.9. The lowest BCUT2D eigenvalue weighted by molar-refractivity contribution is 0.520. The normalized spacial score (nSPS) is 12.1. The summed E-state index contributed by atoms with van der Waals surface area (Å²) in [7, 11) is -0.494. The fourth-order valence-corrected chi connectivity index (χ4v) is 5.13. The van der Waals surface area contributed by atoms with Gasteiger partial charge in [-0.25, -0.2) is 12.7 Å². The van der Waals surface area contributed by atoms with Crippen LogP contribution in [0, 0.1) is 0 Å². The maximum atomic E-state index is 12.9. The van der Waals surface area contributed by atoms with Gasteiger partial charge in [0.25, 0.3) is 5.56 Å². The average Bonchev–Trinajstić information content (AvgIpc) is 3.19. The average molecular weight is 456 g/mol. The lowest BCUT2D eigenvalue weighted by Crippen LogP contribution is -2.22. The molecule has 10 heteroatoms. The first-order chi connectivity index (χ1) is 14.8. The van der Waals surface area contributed by atoms with Crippen molar-refractivity contribution in [1.82, 2.24) is 23.5 Å². The third kappa shape index (κ3) is 3.78. The quantitative estimate of drug-likeness (QED) is 0.314. The Hall–Kier alpha value is -2.95. The summed E-state index contributed by atoms with van der Waals surface area (Å²) in [5, 5.41) is 9.73. The fraction of sp³-hybridized carbons (Fsp3) is 0.190. The first kappa shape index (κ1) is 21.3. The van der Waals surface area contributed by atoms with Crippen molar-refractivity contribution in [3.05, 3.63) is 77.1 Å². The van der Waals surface area contributed by atoms with Gasteiger partial charge in [0.15, 0.2) is 5.16 Å². The van der Waals surface area contributed by atoms with E-state index in [4.69, 9.17) is 0 Å². The zero-order valence-electron chi connectivity index (χ0n) is 17.1. The molecule has 0 unspecified atom stereocenters. The summed E-state index contributed by atoms with van der Waals surface area (Å²) in [5.41, 5.74) is 1.42. The van der Waals surface area contributed by atoms with E-state index in [2.05, 4.69) is 16.8 Å². The van der Waals surface area contributed by atoms with Crippen LogP contribution < -0.4 is 5.56 Å². The smallest absolute Gasteiger partial charge is 0.263 e. The van der Waals surface area contributed by atoms with Crippen molar-refractivity contribution < 1.29 is 8.42 Å². The number of fused-ring (bicyclic) bond motifs is 3. The number of nitrogens with zero attached hydrogens (tertiary/aromatic N) is 5. The number of hydrogen-bond acceptors (Lipinski definition) is 6. The highest BCUT2D eigenvalue weighted by Crippen LogP contribution is 2.26. The second-order valence-corrected chi connectivity index (χ2v) is 10.2. The van der Waals surface area contributed by atoms with Crippen LogP contribution in [0.25, 0.3) is 16.7 Å². The van der Waals surface area contributed by atoms with E-state index in [1.54, 1.807) is 30.3 Å². The third-order valence-corrected chi connectivity index (χ3v) is 7.65. The molecule has 0 bridgehead atoms. The van der Waals surface area contributed by atoms with Crippen LogP contribution in [0.1, 0.15) is 5.56 Å². The van der Waals surface area contributed by atoms with E-state index in [-0.39, 0.29) is 10.5 Å². The molecule has 0 aliphatic heterocycles. The molecule has 0 N–H and O–H groups in total. The van der Waals surface area contributed by atoms with Crippen molar-refractivity contribution in [2.75, 3.05) is 14.1 Å². The first-order valence-corrected chi connectivity index (χ1v) is 11.9. The Labute approximate surface area is 183 Å². The Bertz CT molecular complexity index is 1460. The molecule has 8 nitrogen and oxygen atoms in total. The van der Waals surface area contributed by atoms with E-state index in [0.29, 0.717) is 28.6 Å². The summed E-state index contributed by atoms with van der Waals surface area (Å²) in [6.07, 6.45) is 1.65. The molecule has 4 rings (SSSR count).